The van der Waals surface area contributed by atoms with Crippen molar-refractivity contribution in [1.29, 1.82) is 0 Å². The van der Waals surface area contributed by atoms with Gasteiger partial charge in [0.05, 0.1) is 0 Å². The van der Waals surface area contributed by atoms with Gasteiger partial charge in [0.2, 0.25) is 0 Å². The fourth-order valence-corrected chi connectivity index (χ4v) is 1.77. The standard InChI is InChI=1S/C15H15ClN2O/c1-18(2)13-6-3-11(4-7-13)10-17-14-9-12(16)5-8-15(14)19/h3-10,19H,1-2H3. The summed E-state index contributed by atoms with van der Waals surface area (Å²) in [5, 5.41) is 10.2. The molecule has 0 unspecified atom stereocenters. The number of benzene rings is 2. The molecular weight excluding hydrogens is 260 g/mol. The predicted octanol–water partition coefficient (Wildman–Crippen LogP) is 3.86. The van der Waals surface area contributed by atoms with Gasteiger partial charge in [-0.3, -0.25) is 4.99 Å². The summed E-state index contributed by atoms with van der Waals surface area (Å²) >= 11 is 5.86. The van der Waals surface area contributed by atoms with Gasteiger partial charge in [0.15, 0.2) is 0 Å². The van der Waals surface area contributed by atoms with Gasteiger partial charge in [0.1, 0.15) is 11.4 Å². The molecule has 0 aromatic heterocycles. The first-order chi connectivity index (χ1) is 9.06. The van der Waals surface area contributed by atoms with Gasteiger partial charge >= 0.3 is 0 Å². The van der Waals surface area contributed by atoms with Gasteiger partial charge in [0.25, 0.3) is 0 Å². The SMILES string of the molecule is CN(C)c1ccc(C=Nc2cc(Cl)ccc2O)cc1. The Hall–Kier alpha value is -2.00. The fourth-order valence-electron chi connectivity index (χ4n) is 1.60. The topological polar surface area (TPSA) is 35.8 Å². The highest BCUT2D eigenvalue weighted by molar-refractivity contribution is 6.30. The second-order valence-corrected chi connectivity index (χ2v) is 4.81. The van der Waals surface area contributed by atoms with Gasteiger partial charge in [-0.15, -0.1) is 0 Å². The monoisotopic (exact) mass is 274 g/mol. The van der Waals surface area contributed by atoms with Crippen LogP contribution in [0, 0.1) is 0 Å². The van der Waals surface area contributed by atoms with E-state index >= 15 is 0 Å². The third-order valence-electron chi connectivity index (χ3n) is 2.70. The second-order valence-electron chi connectivity index (χ2n) is 4.38. The summed E-state index contributed by atoms with van der Waals surface area (Å²) in [6.07, 6.45) is 1.70. The van der Waals surface area contributed by atoms with Crippen LogP contribution in [0.15, 0.2) is 47.5 Å². The van der Waals surface area contributed by atoms with E-state index in [2.05, 4.69) is 4.99 Å². The maximum absolute atomic E-state index is 9.65. The largest absolute Gasteiger partial charge is 0.506 e. The Labute approximate surface area is 117 Å². The Bertz CT molecular complexity index is 592. The molecular formula is C15H15ClN2O. The Kier molecular flexibility index (Phi) is 4.07. The molecule has 4 heteroatoms. The molecule has 2 rings (SSSR count). The maximum Gasteiger partial charge on any atom is 0.141 e. The second kappa shape index (κ2) is 5.76. The number of aromatic hydroxyl groups is 1. The van der Waals surface area contributed by atoms with Crippen molar-refractivity contribution < 1.29 is 5.11 Å². The molecule has 2 aromatic carbocycles. The van der Waals surface area contributed by atoms with Crippen LogP contribution in [0.4, 0.5) is 11.4 Å². The highest BCUT2D eigenvalue weighted by Gasteiger charge is 1.99. The third kappa shape index (κ3) is 3.48. The molecule has 0 aliphatic rings. The molecule has 0 heterocycles. The number of halogens is 1. The van der Waals surface area contributed by atoms with Crippen LogP contribution in [0.5, 0.6) is 5.75 Å². The van der Waals surface area contributed by atoms with E-state index in [-0.39, 0.29) is 5.75 Å². The number of aliphatic imine (C=N–C) groups is 1. The number of hydrogen-bond acceptors (Lipinski definition) is 3. The maximum atomic E-state index is 9.65. The molecule has 0 radical (unpaired) electrons. The van der Waals surface area contributed by atoms with Crippen molar-refractivity contribution in [2.24, 2.45) is 4.99 Å². The molecule has 1 N–H and O–H groups in total. The van der Waals surface area contributed by atoms with Crippen molar-refractivity contribution in [3.8, 4) is 5.75 Å². The molecule has 0 aliphatic carbocycles. The van der Waals surface area contributed by atoms with Crippen LogP contribution in [-0.4, -0.2) is 25.4 Å². The number of phenols is 1. The number of anilines is 1. The number of hydrogen-bond donors (Lipinski definition) is 1. The number of nitrogens with zero attached hydrogens (tertiary/aromatic N) is 2. The van der Waals surface area contributed by atoms with E-state index in [0.29, 0.717) is 10.7 Å². The van der Waals surface area contributed by atoms with E-state index in [0.717, 1.165) is 11.3 Å². The van der Waals surface area contributed by atoms with Gasteiger partial charge in [-0.2, -0.15) is 0 Å². The predicted molar refractivity (Wildman–Crippen MR) is 81.1 cm³/mol. The Balaban J connectivity index is 2.20. The van der Waals surface area contributed by atoms with Crippen molar-refractivity contribution >= 4 is 29.2 Å². The lowest BCUT2D eigenvalue weighted by molar-refractivity contribution is 0.477. The van der Waals surface area contributed by atoms with Crippen molar-refractivity contribution in [3.05, 3.63) is 53.1 Å². The van der Waals surface area contributed by atoms with Crippen LogP contribution in [0.3, 0.4) is 0 Å². The van der Waals surface area contributed by atoms with Crippen LogP contribution in [0.2, 0.25) is 5.02 Å². The quantitative estimate of drug-likeness (QED) is 0.863. The average molecular weight is 275 g/mol. The van der Waals surface area contributed by atoms with Crippen LogP contribution >= 0.6 is 11.6 Å². The Morgan fingerprint density at radius 2 is 1.79 bits per heavy atom. The minimum atomic E-state index is 0.116. The van der Waals surface area contributed by atoms with Crippen LogP contribution in [0.25, 0.3) is 0 Å². The fraction of sp³-hybridized carbons (Fsp3) is 0.133. The summed E-state index contributed by atoms with van der Waals surface area (Å²) in [6.45, 7) is 0. The molecule has 0 spiro atoms. The Morgan fingerprint density at radius 3 is 2.42 bits per heavy atom. The van der Waals surface area contributed by atoms with E-state index in [1.807, 2.05) is 43.3 Å². The Morgan fingerprint density at radius 1 is 1.11 bits per heavy atom. The van der Waals surface area contributed by atoms with Crippen LogP contribution in [-0.2, 0) is 0 Å². The van der Waals surface area contributed by atoms with Gasteiger partial charge in [0, 0.05) is 31.0 Å². The molecule has 0 atom stereocenters. The lowest BCUT2D eigenvalue weighted by Crippen LogP contribution is -2.08. The first-order valence-corrected chi connectivity index (χ1v) is 6.24. The van der Waals surface area contributed by atoms with Crippen molar-refractivity contribution in [2.45, 2.75) is 0 Å². The molecule has 0 fully saturated rings. The molecule has 19 heavy (non-hydrogen) atoms. The van der Waals surface area contributed by atoms with E-state index in [9.17, 15) is 5.11 Å². The first-order valence-electron chi connectivity index (χ1n) is 5.86. The molecule has 0 saturated heterocycles. The van der Waals surface area contributed by atoms with Crippen LogP contribution < -0.4 is 4.90 Å². The smallest absolute Gasteiger partial charge is 0.141 e. The molecule has 2 aromatic rings. The average Bonchev–Trinajstić information content (AvgIpc) is 2.40. The number of rotatable bonds is 3. The summed E-state index contributed by atoms with van der Waals surface area (Å²) in [4.78, 5) is 6.27. The van der Waals surface area contributed by atoms with Gasteiger partial charge in [-0.1, -0.05) is 23.7 Å². The first kappa shape index (κ1) is 13.4. The molecule has 0 saturated carbocycles. The van der Waals surface area contributed by atoms with E-state index in [1.165, 1.54) is 6.07 Å². The van der Waals surface area contributed by atoms with Gasteiger partial charge in [-0.25, -0.2) is 0 Å². The minimum Gasteiger partial charge on any atom is -0.506 e. The summed E-state index contributed by atoms with van der Waals surface area (Å²) in [7, 11) is 3.99. The summed E-state index contributed by atoms with van der Waals surface area (Å²) in [5.74, 6) is 0.116. The molecule has 0 aliphatic heterocycles. The lowest BCUT2D eigenvalue weighted by atomic mass is 10.2. The van der Waals surface area contributed by atoms with E-state index in [4.69, 9.17) is 11.6 Å². The normalized spacial score (nSPS) is 10.9. The van der Waals surface area contributed by atoms with Crippen molar-refractivity contribution in [2.75, 3.05) is 19.0 Å². The van der Waals surface area contributed by atoms with Gasteiger partial charge < -0.3 is 10.0 Å². The minimum absolute atomic E-state index is 0.116. The summed E-state index contributed by atoms with van der Waals surface area (Å²) in [6, 6.07) is 12.8. The highest BCUT2D eigenvalue weighted by Crippen LogP contribution is 2.29. The zero-order valence-electron chi connectivity index (χ0n) is 10.8. The summed E-state index contributed by atoms with van der Waals surface area (Å²) in [5.41, 5.74) is 2.55. The number of phenolic OH excluding ortho intramolecular Hbond substituents is 1. The zero-order chi connectivity index (χ0) is 13.8. The third-order valence-corrected chi connectivity index (χ3v) is 2.93. The highest BCUT2D eigenvalue weighted by atomic mass is 35.5. The van der Waals surface area contributed by atoms with Gasteiger partial charge in [-0.05, 0) is 35.9 Å². The molecule has 98 valence electrons. The van der Waals surface area contributed by atoms with Crippen molar-refractivity contribution in [1.82, 2.24) is 0 Å². The molecule has 0 bridgehead atoms. The molecule has 3 nitrogen and oxygen atoms in total. The van der Waals surface area contributed by atoms with E-state index < -0.39 is 0 Å². The van der Waals surface area contributed by atoms with Crippen LogP contribution in [0.1, 0.15) is 5.56 Å². The van der Waals surface area contributed by atoms with Crippen molar-refractivity contribution in [3.63, 3.8) is 0 Å². The zero-order valence-corrected chi connectivity index (χ0v) is 11.6. The lowest BCUT2D eigenvalue weighted by Gasteiger charge is -2.11. The van der Waals surface area contributed by atoms with E-state index in [1.54, 1.807) is 18.3 Å². The summed E-state index contributed by atoms with van der Waals surface area (Å²) < 4.78 is 0. The molecule has 0 amide bonds.